The molecular weight excluding hydrogens is 375 g/mol. The standard InChI is InChI=1S/C14H18ClIN2O/c1-10(9-19-2)8-18-13-4-3-11(16)7-12(13)17-14(18)5-6-15/h3-4,7,10H,5-6,8-9H2,1-2H3. The first-order valence-electron chi connectivity index (χ1n) is 6.35. The Kier molecular flexibility index (Phi) is 5.47. The topological polar surface area (TPSA) is 27.1 Å². The summed E-state index contributed by atoms with van der Waals surface area (Å²) in [5.41, 5.74) is 2.24. The Morgan fingerprint density at radius 3 is 2.95 bits per heavy atom. The number of alkyl halides is 1. The Balaban J connectivity index is 2.39. The number of fused-ring (bicyclic) bond motifs is 1. The molecule has 1 unspecified atom stereocenters. The maximum atomic E-state index is 5.89. The fraction of sp³-hybridized carbons (Fsp3) is 0.500. The highest BCUT2D eigenvalue weighted by atomic mass is 127. The van der Waals surface area contributed by atoms with E-state index in [2.05, 4.69) is 52.3 Å². The second-order valence-corrected chi connectivity index (χ2v) is 6.39. The van der Waals surface area contributed by atoms with Crippen molar-refractivity contribution in [3.8, 4) is 0 Å². The Hall–Kier alpha value is -0.330. The van der Waals surface area contributed by atoms with E-state index in [0.29, 0.717) is 11.8 Å². The van der Waals surface area contributed by atoms with Crippen molar-refractivity contribution in [2.45, 2.75) is 19.9 Å². The molecule has 0 bridgehead atoms. The van der Waals surface area contributed by atoms with Crippen LogP contribution in [0.3, 0.4) is 0 Å². The molecule has 1 atom stereocenters. The zero-order valence-corrected chi connectivity index (χ0v) is 14.1. The number of nitrogens with zero attached hydrogens (tertiary/aromatic N) is 2. The fourth-order valence-electron chi connectivity index (χ4n) is 2.28. The monoisotopic (exact) mass is 392 g/mol. The van der Waals surface area contributed by atoms with Crippen LogP contribution in [0.4, 0.5) is 0 Å². The number of aryl methyl sites for hydroxylation is 1. The molecule has 19 heavy (non-hydrogen) atoms. The predicted molar refractivity (Wildman–Crippen MR) is 87.9 cm³/mol. The number of halogens is 2. The maximum Gasteiger partial charge on any atom is 0.111 e. The van der Waals surface area contributed by atoms with Crippen LogP contribution < -0.4 is 0 Å². The summed E-state index contributed by atoms with van der Waals surface area (Å²) in [7, 11) is 1.74. The van der Waals surface area contributed by atoms with Crippen molar-refractivity contribution in [3.63, 3.8) is 0 Å². The Morgan fingerprint density at radius 2 is 2.26 bits per heavy atom. The third-order valence-electron chi connectivity index (χ3n) is 3.05. The highest BCUT2D eigenvalue weighted by Crippen LogP contribution is 2.21. The van der Waals surface area contributed by atoms with E-state index in [0.717, 1.165) is 30.9 Å². The normalized spacial score (nSPS) is 13.1. The average Bonchev–Trinajstić information content (AvgIpc) is 2.67. The van der Waals surface area contributed by atoms with E-state index in [1.165, 1.54) is 9.09 Å². The smallest absolute Gasteiger partial charge is 0.111 e. The van der Waals surface area contributed by atoms with E-state index in [4.69, 9.17) is 21.3 Å². The molecule has 1 aromatic heterocycles. The van der Waals surface area contributed by atoms with Crippen LogP contribution in [0.5, 0.6) is 0 Å². The Morgan fingerprint density at radius 1 is 1.47 bits per heavy atom. The minimum Gasteiger partial charge on any atom is -0.384 e. The zero-order chi connectivity index (χ0) is 13.8. The van der Waals surface area contributed by atoms with Crippen molar-refractivity contribution in [2.24, 2.45) is 5.92 Å². The summed E-state index contributed by atoms with van der Waals surface area (Å²) in [6.07, 6.45) is 0.798. The lowest BCUT2D eigenvalue weighted by Crippen LogP contribution is -2.15. The first-order valence-corrected chi connectivity index (χ1v) is 7.96. The van der Waals surface area contributed by atoms with Crippen molar-refractivity contribution in [2.75, 3.05) is 19.6 Å². The van der Waals surface area contributed by atoms with Crippen LogP contribution in [0.2, 0.25) is 0 Å². The van der Waals surface area contributed by atoms with Gasteiger partial charge in [-0.2, -0.15) is 0 Å². The summed E-state index contributed by atoms with van der Waals surface area (Å²) in [5.74, 6) is 2.12. The molecule has 0 fully saturated rings. The van der Waals surface area contributed by atoms with E-state index in [-0.39, 0.29) is 0 Å². The number of aromatic nitrogens is 2. The number of benzene rings is 1. The van der Waals surface area contributed by atoms with Gasteiger partial charge in [0.25, 0.3) is 0 Å². The summed E-state index contributed by atoms with van der Waals surface area (Å²) in [6, 6.07) is 6.37. The van der Waals surface area contributed by atoms with Gasteiger partial charge in [-0.05, 0) is 46.7 Å². The quantitative estimate of drug-likeness (QED) is 0.553. The number of ether oxygens (including phenoxy) is 1. The summed E-state index contributed by atoms with van der Waals surface area (Å²) in [5, 5.41) is 0. The highest BCUT2D eigenvalue weighted by Gasteiger charge is 2.13. The van der Waals surface area contributed by atoms with Gasteiger partial charge in [0.05, 0.1) is 17.6 Å². The van der Waals surface area contributed by atoms with Crippen molar-refractivity contribution in [1.82, 2.24) is 9.55 Å². The first kappa shape index (κ1) is 15.1. The second kappa shape index (κ2) is 6.90. The molecule has 3 nitrogen and oxygen atoms in total. The van der Waals surface area contributed by atoms with Crippen molar-refractivity contribution in [3.05, 3.63) is 27.6 Å². The van der Waals surface area contributed by atoms with Crippen LogP contribution in [-0.2, 0) is 17.7 Å². The fourth-order valence-corrected chi connectivity index (χ4v) is 2.92. The molecule has 0 N–H and O–H groups in total. The molecule has 0 saturated heterocycles. The predicted octanol–water partition coefficient (Wildman–Crippen LogP) is 3.70. The number of hydrogen-bond donors (Lipinski definition) is 0. The van der Waals surface area contributed by atoms with Gasteiger partial charge < -0.3 is 9.30 Å². The van der Waals surface area contributed by atoms with E-state index in [1.807, 2.05) is 0 Å². The third kappa shape index (κ3) is 3.61. The summed E-state index contributed by atoms with van der Waals surface area (Å²) < 4.78 is 8.70. The van der Waals surface area contributed by atoms with E-state index in [1.54, 1.807) is 7.11 Å². The molecule has 0 aliphatic heterocycles. The van der Waals surface area contributed by atoms with Gasteiger partial charge in [0.2, 0.25) is 0 Å². The lowest BCUT2D eigenvalue weighted by Gasteiger charge is -2.14. The van der Waals surface area contributed by atoms with E-state index >= 15 is 0 Å². The van der Waals surface area contributed by atoms with Crippen LogP contribution in [0.15, 0.2) is 18.2 Å². The zero-order valence-electron chi connectivity index (χ0n) is 11.2. The van der Waals surface area contributed by atoms with Gasteiger partial charge in [0.1, 0.15) is 5.82 Å². The number of hydrogen-bond acceptors (Lipinski definition) is 2. The van der Waals surface area contributed by atoms with Gasteiger partial charge in [-0.25, -0.2) is 4.98 Å². The van der Waals surface area contributed by atoms with Crippen molar-refractivity contribution < 1.29 is 4.74 Å². The van der Waals surface area contributed by atoms with Crippen LogP contribution in [0, 0.1) is 9.49 Å². The van der Waals surface area contributed by atoms with Crippen LogP contribution >= 0.6 is 34.2 Å². The molecule has 1 heterocycles. The lowest BCUT2D eigenvalue weighted by molar-refractivity contribution is 0.151. The van der Waals surface area contributed by atoms with E-state index in [9.17, 15) is 0 Å². The minimum atomic E-state index is 0.454. The van der Waals surface area contributed by atoms with Crippen LogP contribution in [0.1, 0.15) is 12.7 Å². The molecule has 104 valence electrons. The first-order chi connectivity index (χ1) is 9.15. The third-order valence-corrected chi connectivity index (χ3v) is 3.91. The number of methoxy groups -OCH3 is 1. The van der Waals surface area contributed by atoms with Crippen molar-refractivity contribution in [1.29, 1.82) is 0 Å². The summed E-state index contributed by atoms with van der Waals surface area (Å²) in [6.45, 7) is 3.86. The Labute approximate surface area is 132 Å². The SMILES string of the molecule is COCC(C)Cn1c(CCCl)nc2cc(I)ccc21. The van der Waals surface area contributed by atoms with E-state index < -0.39 is 0 Å². The van der Waals surface area contributed by atoms with Crippen LogP contribution in [0.25, 0.3) is 11.0 Å². The molecule has 0 aliphatic rings. The molecule has 5 heteroatoms. The molecule has 0 aliphatic carbocycles. The van der Waals surface area contributed by atoms with Crippen molar-refractivity contribution >= 4 is 45.2 Å². The van der Waals surface area contributed by atoms with Gasteiger partial charge in [0.15, 0.2) is 0 Å². The Bertz CT molecular complexity index is 556. The van der Waals surface area contributed by atoms with Gasteiger partial charge in [-0.3, -0.25) is 0 Å². The maximum absolute atomic E-state index is 5.89. The van der Waals surface area contributed by atoms with Gasteiger partial charge in [0, 0.05) is 29.5 Å². The molecule has 0 spiro atoms. The number of imidazole rings is 1. The van der Waals surface area contributed by atoms with Gasteiger partial charge in [-0.15, -0.1) is 11.6 Å². The summed E-state index contributed by atoms with van der Waals surface area (Å²) >= 11 is 8.20. The highest BCUT2D eigenvalue weighted by molar-refractivity contribution is 14.1. The molecule has 2 rings (SSSR count). The lowest BCUT2D eigenvalue weighted by atomic mass is 10.2. The second-order valence-electron chi connectivity index (χ2n) is 4.77. The van der Waals surface area contributed by atoms with Gasteiger partial charge in [-0.1, -0.05) is 6.92 Å². The number of rotatable bonds is 6. The molecule has 0 radical (unpaired) electrons. The average molecular weight is 393 g/mol. The largest absolute Gasteiger partial charge is 0.384 e. The molecule has 2 aromatic rings. The molecule has 1 aromatic carbocycles. The summed E-state index contributed by atoms with van der Waals surface area (Å²) in [4.78, 5) is 4.71. The van der Waals surface area contributed by atoms with Gasteiger partial charge >= 0.3 is 0 Å². The minimum absolute atomic E-state index is 0.454. The molecule has 0 saturated carbocycles. The molecule has 0 amide bonds. The van der Waals surface area contributed by atoms with Crippen LogP contribution in [-0.4, -0.2) is 29.1 Å². The molecular formula is C14H18ClIN2O.